The number of hydrogen-bond acceptors (Lipinski definition) is 9. The highest BCUT2D eigenvalue weighted by atomic mass is 16.7. The number of nitrogens with zero attached hydrogens (tertiary/aromatic N) is 2. The minimum absolute atomic E-state index is 0.0662. The minimum Gasteiger partial charge on any atom is -0.459 e. The van der Waals surface area contributed by atoms with E-state index in [-0.39, 0.29) is 50.5 Å². The lowest BCUT2D eigenvalue weighted by Gasteiger charge is -2.59. The second-order valence-electron chi connectivity index (χ2n) is 16.3. The van der Waals surface area contributed by atoms with Crippen LogP contribution in [0.25, 0.3) is 21.5 Å². The summed E-state index contributed by atoms with van der Waals surface area (Å²) in [6, 6.07) is 33.8. The van der Waals surface area contributed by atoms with Crippen molar-refractivity contribution in [1.29, 1.82) is 0 Å². The van der Waals surface area contributed by atoms with E-state index in [1.807, 2.05) is 60.7 Å². The Balaban J connectivity index is 1.32. The van der Waals surface area contributed by atoms with Gasteiger partial charge in [-0.1, -0.05) is 103 Å². The fraction of sp³-hybridized carbons (Fsp3) is 0.373. The van der Waals surface area contributed by atoms with E-state index in [0.717, 1.165) is 69.7 Å². The maximum absolute atomic E-state index is 14.4. The molecule has 0 saturated heterocycles. The first-order valence-electron chi connectivity index (χ1n) is 21.5. The molecule has 1 fully saturated rings. The number of aliphatic hydroxyl groups excluding tert-OH is 2. The Kier molecular flexibility index (Phi) is 13.0. The molecule has 6 atom stereocenters. The van der Waals surface area contributed by atoms with E-state index in [4.69, 9.17) is 28.9 Å². The summed E-state index contributed by atoms with van der Waals surface area (Å²) >= 11 is 0. The number of oxime groups is 1. The van der Waals surface area contributed by atoms with E-state index in [0.29, 0.717) is 30.1 Å². The van der Waals surface area contributed by atoms with Crippen LogP contribution in [0.5, 0.6) is 17.2 Å². The Hall–Kier alpha value is -5.68. The van der Waals surface area contributed by atoms with E-state index in [1.54, 1.807) is 18.1 Å². The molecule has 1 saturated carbocycles. The summed E-state index contributed by atoms with van der Waals surface area (Å²) in [5.41, 5.74) is 3.60. The number of benzene rings is 5. The number of ether oxygens (including phenoxy) is 4. The molecule has 0 bridgehead atoms. The summed E-state index contributed by atoms with van der Waals surface area (Å²) in [4.78, 5) is 21.7. The van der Waals surface area contributed by atoms with Gasteiger partial charge in [0.1, 0.15) is 30.4 Å². The molecule has 2 aliphatic carbocycles. The van der Waals surface area contributed by atoms with Crippen LogP contribution in [-0.4, -0.2) is 72.8 Å². The van der Waals surface area contributed by atoms with Crippen molar-refractivity contribution in [3.8, 4) is 17.2 Å². The van der Waals surface area contributed by atoms with Crippen LogP contribution in [0.4, 0.5) is 4.79 Å². The third-order valence-corrected chi connectivity index (χ3v) is 12.8. The van der Waals surface area contributed by atoms with Gasteiger partial charge in [-0.2, -0.15) is 0 Å². The van der Waals surface area contributed by atoms with Gasteiger partial charge in [-0.25, -0.2) is 4.79 Å². The Morgan fingerprint density at radius 1 is 0.869 bits per heavy atom. The molecule has 318 valence electrons. The summed E-state index contributed by atoms with van der Waals surface area (Å²) in [5, 5.41) is 28.9. The molecule has 3 aliphatic rings. The zero-order valence-corrected chi connectivity index (χ0v) is 35.1. The van der Waals surface area contributed by atoms with Gasteiger partial charge in [0.15, 0.2) is 0 Å². The van der Waals surface area contributed by atoms with Crippen LogP contribution in [-0.2, 0) is 20.9 Å². The van der Waals surface area contributed by atoms with Crippen molar-refractivity contribution in [3.63, 3.8) is 0 Å². The van der Waals surface area contributed by atoms with Gasteiger partial charge in [-0.15, -0.1) is 6.58 Å². The quantitative estimate of drug-likeness (QED) is 0.0541. The van der Waals surface area contributed by atoms with Gasteiger partial charge < -0.3 is 34.0 Å². The van der Waals surface area contributed by atoms with E-state index in [2.05, 4.69) is 55.1 Å². The Labute approximate surface area is 358 Å². The van der Waals surface area contributed by atoms with Crippen LogP contribution in [0.3, 0.4) is 0 Å². The van der Waals surface area contributed by atoms with Crippen molar-refractivity contribution in [2.45, 2.75) is 69.2 Å². The van der Waals surface area contributed by atoms with E-state index in [9.17, 15) is 15.0 Å². The molecule has 5 aromatic rings. The molecule has 10 heteroatoms. The molecule has 61 heavy (non-hydrogen) atoms. The van der Waals surface area contributed by atoms with Crippen molar-refractivity contribution in [2.24, 2.45) is 22.9 Å². The number of carbonyl (C=O) groups is 1. The highest BCUT2D eigenvalue weighted by Gasteiger charge is 2.65. The monoisotopic (exact) mass is 824 g/mol. The topological polar surface area (TPSA) is 119 Å². The van der Waals surface area contributed by atoms with Crippen LogP contribution >= 0.6 is 0 Å². The van der Waals surface area contributed by atoms with Gasteiger partial charge in [0.25, 0.3) is 0 Å². The highest BCUT2D eigenvalue weighted by molar-refractivity contribution is 6.03. The molecule has 0 spiro atoms. The number of fused-ring (bicyclic) bond motifs is 4. The summed E-state index contributed by atoms with van der Waals surface area (Å²) < 4.78 is 26.7. The Morgan fingerprint density at radius 2 is 1.59 bits per heavy atom. The number of amides is 1. The zero-order valence-electron chi connectivity index (χ0n) is 35.1. The lowest BCUT2D eigenvalue weighted by Crippen LogP contribution is -2.70. The predicted molar refractivity (Wildman–Crippen MR) is 238 cm³/mol. The number of rotatable bonds is 17. The molecule has 2 N–H and O–H groups in total. The number of hydrogen-bond donors (Lipinski definition) is 2. The Morgan fingerprint density at radius 3 is 2.36 bits per heavy atom. The molecule has 8 rings (SSSR count). The molecular weight excluding hydrogens is 769 g/mol. The first-order chi connectivity index (χ1) is 29.9. The average Bonchev–Trinajstić information content (AvgIpc) is 3.29. The van der Waals surface area contributed by atoms with Crippen LogP contribution in [0.2, 0.25) is 0 Å². The SMILES string of the molecule is C=CCOC12Oc3ccc(Oc4ccc5ccccc5c4)cc3C3C(CCCCO)C(CCCCO)C=C(C(=NOC)CC1N(Cc1cccc4ccccc14)C(=O)OC)C32. The molecule has 0 aromatic heterocycles. The second-order valence-corrected chi connectivity index (χ2v) is 16.3. The molecule has 10 nitrogen and oxygen atoms in total. The van der Waals surface area contributed by atoms with E-state index in [1.165, 1.54) is 7.11 Å². The van der Waals surface area contributed by atoms with Crippen molar-refractivity contribution >= 4 is 33.3 Å². The normalized spacial score (nSPS) is 23.4. The van der Waals surface area contributed by atoms with Gasteiger partial charge in [-0.05, 0) is 101 Å². The van der Waals surface area contributed by atoms with Gasteiger partial charge in [0.2, 0.25) is 5.79 Å². The molecule has 6 unspecified atom stereocenters. The summed E-state index contributed by atoms with van der Waals surface area (Å²) in [6.45, 7) is 4.63. The van der Waals surface area contributed by atoms with Gasteiger partial charge >= 0.3 is 6.09 Å². The van der Waals surface area contributed by atoms with Crippen LogP contribution in [0.15, 0.2) is 133 Å². The van der Waals surface area contributed by atoms with Gasteiger partial charge in [0.05, 0.1) is 31.9 Å². The molecule has 1 amide bonds. The van der Waals surface area contributed by atoms with Crippen LogP contribution in [0, 0.1) is 17.8 Å². The lowest BCUT2D eigenvalue weighted by atomic mass is 9.55. The number of aliphatic hydroxyl groups is 2. The first kappa shape index (κ1) is 42.0. The Bertz CT molecular complexity index is 2410. The maximum Gasteiger partial charge on any atom is 0.410 e. The fourth-order valence-corrected chi connectivity index (χ4v) is 10.2. The summed E-state index contributed by atoms with van der Waals surface area (Å²) in [5.74, 6) is 0.117. The molecule has 1 aliphatic heterocycles. The van der Waals surface area contributed by atoms with Gasteiger partial charge in [-0.3, -0.25) is 4.90 Å². The highest BCUT2D eigenvalue weighted by Crippen LogP contribution is 2.62. The van der Waals surface area contributed by atoms with Crippen molar-refractivity contribution in [3.05, 3.63) is 139 Å². The second kappa shape index (κ2) is 18.9. The first-order valence-corrected chi connectivity index (χ1v) is 21.5. The molecule has 0 radical (unpaired) electrons. The smallest absolute Gasteiger partial charge is 0.410 e. The third-order valence-electron chi connectivity index (χ3n) is 12.8. The van der Waals surface area contributed by atoms with E-state index >= 15 is 0 Å². The van der Waals surface area contributed by atoms with Crippen molar-refractivity contribution in [2.75, 3.05) is 34.0 Å². The van der Waals surface area contributed by atoms with Gasteiger partial charge in [0, 0.05) is 31.1 Å². The largest absolute Gasteiger partial charge is 0.459 e. The fourth-order valence-electron chi connectivity index (χ4n) is 10.2. The maximum atomic E-state index is 14.4. The number of methoxy groups -OCH3 is 1. The van der Waals surface area contributed by atoms with E-state index < -0.39 is 23.8 Å². The minimum atomic E-state index is -1.42. The molecule has 5 aromatic carbocycles. The predicted octanol–water partition coefficient (Wildman–Crippen LogP) is 10.3. The van der Waals surface area contributed by atoms with Crippen molar-refractivity contribution < 1.29 is 38.8 Å². The van der Waals surface area contributed by atoms with Crippen LogP contribution < -0.4 is 9.47 Å². The van der Waals surface area contributed by atoms with Crippen molar-refractivity contribution in [1.82, 2.24) is 4.90 Å². The molecular formula is C51H56N2O8. The van der Waals surface area contributed by atoms with Crippen LogP contribution in [0.1, 0.15) is 62.0 Å². The zero-order chi connectivity index (χ0) is 42.3. The number of unbranched alkanes of at least 4 members (excludes halogenated alkanes) is 2. The summed E-state index contributed by atoms with van der Waals surface area (Å²) in [7, 11) is 2.95. The average molecular weight is 825 g/mol. The lowest BCUT2D eigenvalue weighted by molar-refractivity contribution is -0.256. The third kappa shape index (κ3) is 8.37. The molecule has 1 heterocycles. The standard InChI is InChI=1S/C51H56N2O8/c1-4-28-59-51-47(53(50(56)57-2)33-38-19-13-18-35-15-7-8-20-41(35)38)32-45(52-58-3)43-30-37(17-9-11-26-54)42(21-10-12-27-55)48(49(43)51)44-31-40(24-25-46(44)61-51)60-39-23-22-34-14-5-6-16-36(34)29-39/h4-8,13-16,18-20,22-25,29-31,37,42,47-49,54-55H,1,9-12,17,21,26-28,32-33H2,2-3H3. The summed E-state index contributed by atoms with van der Waals surface area (Å²) in [6.07, 6.45) is 8.46. The number of allylic oxidation sites excluding steroid dienone is 1. The number of carbonyl (C=O) groups excluding carboxylic acids is 1.